The quantitative estimate of drug-likeness (QED) is 0.787. The van der Waals surface area contributed by atoms with E-state index in [0.29, 0.717) is 5.56 Å². The zero-order valence-electron chi connectivity index (χ0n) is 15.3. The largest absolute Gasteiger partial charge is 0.285 e. The molecule has 0 saturated heterocycles. The lowest BCUT2D eigenvalue weighted by Crippen LogP contribution is -2.31. The molecular weight excluding hydrogens is 422 g/mol. The van der Waals surface area contributed by atoms with Crippen molar-refractivity contribution in [2.45, 2.75) is 18.7 Å². The molecule has 0 radical (unpaired) electrons. The van der Waals surface area contributed by atoms with Crippen molar-refractivity contribution in [3.8, 4) is 0 Å². The molecule has 0 unspecified atom stereocenters. The number of hydrogen-bond donors (Lipinski definition) is 1. The Kier molecular flexibility index (Phi) is 5.68. The Hall–Kier alpha value is -2.84. The minimum absolute atomic E-state index is 0.0846. The molecule has 0 bridgehead atoms. The average Bonchev–Trinajstić information content (AvgIpc) is 2.97. The molecule has 0 aliphatic carbocycles. The van der Waals surface area contributed by atoms with Crippen LogP contribution in [0.15, 0.2) is 74.7 Å². The van der Waals surface area contributed by atoms with Crippen LogP contribution in [0, 0.1) is 18.6 Å². The second-order valence-electron chi connectivity index (χ2n) is 6.12. The van der Waals surface area contributed by atoms with E-state index in [1.807, 2.05) is 4.72 Å². The van der Waals surface area contributed by atoms with E-state index < -0.39 is 38.8 Å². The van der Waals surface area contributed by atoms with E-state index in [-0.39, 0.29) is 21.2 Å². The number of amides is 1. The minimum Gasteiger partial charge on any atom is -0.266 e. The molecule has 29 heavy (non-hydrogen) atoms. The summed E-state index contributed by atoms with van der Waals surface area (Å²) in [5.74, 6) is -2.88. The van der Waals surface area contributed by atoms with Gasteiger partial charge in [0.1, 0.15) is 17.3 Å². The second-order valence-corrected chi connectivity index (χ2v) is 8.15. The minimum atomic E-state index is -4.20. The summed E-state index contributed by atoms with van der Waals surface area (Å²) in [6, 6.07) is 9.38. The van der Waals surface area contributed by atoms with Gasteiger partial charge in [-0.05, 0) is 37.6 Å². The van der Waals surface area contributed by atoms with Crippen LogP contribution in [-0.4, -0.2) is 20.0 Å². The molecule has 2 aromatic rings. The summed E-state index contributed by atoms with van der Waals surface area (Å²) in [5, 5.41) is -0.206. The van der Waals surface area contributed by atoms with Gasteiger partial charge in [0, 0.05) is 5.57 Å². The van der Waals surface area contributed by atoms with E-state index in [1.54, 1.807) is 26.0 Å². The lowest BCUT2D eigenvalue weighted by molar-refractivity contribution is -0.115. The summed E-state index contributed by atoms with van der Waals surface area (Å²) >= 11 is 6.19. The predicted molar refractivity (Wildman–Crippen MR) is 106 cm³/mol. The van der Waals surface area contributed by atoms with Crippen LogP contribution in [0.5, 0.6) is 0 Å². The summed E-state index contributed by atoms with van der Waals surface area (Å²) in [7, 11) is -4.20. The van der Waals surface area contributed by atoms with Crippen LogP contribution in [0.1, 0.15) is 18.1 Å². The number of allylic oxidation sites excluding steroid dienone is 3. The predicted octanol–water partition coefficient (Wildman–Crippen LogP) is 3.98. The fourth-order valence-electron chi connectivity index (χ4n) is 2.86. The highest BCUT2D eigenvalue weighted by Gasteiger charge is 2.32. The third kappa shape index (κ3) is 3.86. The van der Waals surface area contributed by atoms with Crippen LogP contribution in [-0.2, 0) is 14.8 Å². The Labute approximate surface area is 171 Å². The molecule has 0 spiro atoms. The third-order valence-electron chi connectivity index (χ3n) is 4.24. The first kappa shape index (κ1) is 20.9. The van der Waals surface area contributed by atoms with E-state index in [2.05, 4.69) is 4.99 Å². The van der Waals surface area contributed by atoms with Crippen molar-refractivity contribution < 1.29 is 22.0 Å². The topological polar surface area (TPSA) is 75.6 Å². The molecule has 5 nitrogen and oxygen atoms in total. The Morgan fingerprint density at radius 1 is 1.10 bits per heavy atom. The second kappa shape index (κ2) is 7.88. The zero-order valence-corrected chi connectivity index (χ0v) is 16.9. The van der Waals surface area contributed by atoms with E-state index in [9.17, 15) is 22.0 Å². The van der Waals surface area contributed by atoms with E-state index >= 15 is 0 Å². The SMILES string of the molecule is C/C=C1/C(c2c(F)cccc2F)=NC(C(=O)NS(=O)(=O)c2ccccc2C)=C1Cl. The number of aliphatic imine (C=N–C) groups is 1. The van der Waals surface area contributed by atoms with Crippen molar-refractivity contribution in [2.24, 2.45) is 4.99 Å². The van der Waals surface area contributed by atoms with Gasteiger partial charge in [-0.2, -0.15) is 0 Å². The molecule has 1 amide bonds. The van der Waals surface area contributed by atoms with Gasteiger partial charge in [0.15, 0.2) is 0 Å². The molecule has 3 rings (SSSR count). The van der Waals surface area contributed by atoms with Crippen molar-refractivity contribution in [1.82, 2.24) is 4.72 Å². The van der Waals surface area contributed by atoms with Crippen molar-refractivity contribution in [3.05, 3.63) is 87.6 Å². The Balaban J connectivity index is 2.02. The molecule has 1 N–H and O–H groups in total. The summed E-state index contributed by atoms with van der Waals surface area (Å²) in [5.41, 5.74) is -0.537. The fraction of sp³-hybridized carbons (Fsp3) is 0.100. The maximum Gasteiger partial charge on any atom is 0.285 e. The summed E-state index contributed by atoms with van der Waals surface area (Å²) < 4.78 is 55.4. The molecular formula is C20H15ClF2N2O3S. The molecule has 1 heterocycles. The Morgan fingerprint density at radius 2 is 1.72 bits per heavy atom. The average molecular weight is 437 g/mol. The van der Waals surface area contributed by atoms with Crippen molar-refractivity contribution in [1.29, 1.82) is 0 Å². The van der Waals surface area contributed by atoms with E-state index in [4.69, 9.17) is 11.6 Å². The van der Waals surface area contributed by atoms with Crippen LogP contribution < -0.4 is 4.72 Å². The highest BCUT2D eigenvalue weighted by Crippen LogP contribution is 2.33. The number of sulfonamides is 1. The number of carbonyl (C=O) groups excluding carboxylic acids is 1. The van der Waals surface area contributed by atoms with Gasteiger partial charge >= 0.3 is 0 Å². The van der Waals surface area contributed by atoms with Gasteiger partial charge in [0.2, 0.25) is 0 Å². The molecule has 0 saturated carbocycles. The summed E-state index contributed by atoms with van der Waals surface area (Å²) in [6.45, 7) is 3.13. The van der Waals surface area contributed by atoms with Crippen LogP contribution in [0.2, 0.25) is 0 Å². The smallest absolute Gasteiger partial charge is 0.266 e. The molecule has 150 valence electrons. The number of benzene rings is 2. The molecule has 1 aliphatic rings. The van der Waals surface area contributed by atoms with E-state index in [1.165, 1.54) is 24.3 Å². The number of nitrogens with one attached hydrogen (secondary N) is 1. The summed E-state index contributed by atoms with van der Waals surface area (Å²) in [4.78, 5) is 16.5. The monoisotopic (exact) mass is 436 g/mol. The molecule has 0 atom stereocenters. The van der Waals surface area contributed by atoms with Gasteiger partial charge in [-0.15, -0.1) is 0 Å². The lowest BCUT2D eigenvalue weighted by Gasteiger charge is -2.08. The molecule has 2 aromatic carbocycles. The first-order chi connectivity index (χ1) is 13.7. The van der Waals surface area contributed by atoms with Gasteiger partial charge in [0.25, 0.3) is 15.9 Å². The number of hydrogen-bond acceptors (Lipinski definition) is 4. The van der Waals surface area contributed by atoms with Gasteiger partial charge in [-0.3, -0.25) is 4.79 Å². The molecule has 9 heteroatoms. The number of rotatable bonds is 4. The third-order valence-corrected chi connectivity index (χ3v) is 6.11. The number of nitrogens with zero attached hydrogens (tertiary/aromatic N) is 1. The number of carbonyl (C=O) groups is 1. The molecule has 1 aliphatic heterocycles. The van der Waals surface area contributed by atoms with Crippen LogP contribution in [0.25, 0.3) is 0 Å². The van der Waals surface area contributed by atoms with Crippen LogP contribution >= 0.6 is 11.6 Å². The van der Waals surface area contributed by atoms with Crippen LogP contribution in [0.3, 0.4) is 0 Å². The van der Waals surface area contributed by atoms with E-state index in [0.717, 1.165) is 12.1 Å². The van der Waals surface area contributed by atoms with Crippen LogP contribution in [0.4, 0.5) is 8.78 Å². The van der Waals surface area contributed by atoms with Gasteiger partial charge in [-0.25, -0.2) is 26.9 Å². The maximum atomic E-state index is 14.2. The normalized spacial score (nSPS) is 15.6. The van der Waals surface area contributed by atoms with Gasteiger partial charge < -0.3 is 0 Å². The highest BCUT2D eigenvalue weighted by molar-refractivity contribution is 7.90. The van der Waals surface area contributed by atoms with Crippen molar-refractivity contribution in [2.75, 3.05) is 0 Å². The first-order valence-electron chi connectivity index (χ1n) is 8.40. The van der Waals surface area contributed by atoms with Crippen molar-refractivity contribution >= 4 is 33.2 Å². The highest BCUT2D eigenvalue weighted by atomic mass is 35.5. The number of halogens is 3. The van der Waals surface area contributed by atoms with Crippen molar-refractivity contribution in [3.63, 3.8) is 0 Å². The molecule has 0 fully saturated rings. The molecule has 0 aromatic heterocycles. The zero-order chi connectivity index (χ0) is 21.3. The maximum absolute atomic E-state index is 14.2. The van der Waals surface area contributed by atoms with Gasteiger partial charge in [-0.1, -0.05) is 41.9 Å². The summed E-state index contributed by atoms with van der Waals surface area (Å²) in [6.07, 6.45) is 1.43. The standard InChI is InChI=1S/C20H15ClF2N2O3S/c1-3-12-17(21)19(24-18(12)16-13(22)8-6-9-14(16)23)20(26)25-29(27,28)15-10-5-4-7-11(15)2/h3-10H,1-2H3,(H,25,26)/b12-3+. The Bertz CT molecular complexity index is 1200. The van der Waals surface area contributed by atoms with Gasteiger partial charge in [0.05, 0.1) is 21.2 Å². The fourth-order valence-corrected chi connectivity index (χ4v) is 4.39. The number of aryl methyl sites for hydroxylation is 1. The Morgan fingerprint density at radius 3 is 2.31 bits per heavy atom. The lowest BCUT2D eigenvalue weighted by atomic mass is 10.0. The first-order valence-corrected chi connectivity index (χ1v) is 10.3.